The van der Waals surface area contributed by atoms with E-state index in [9.17, 15) is 23.1 Å². The third kappa shape index (κ3) is 4.49. The summed E-state index contributed by atoms with van der Waals surface area (Å²) in [6, 6.07) is 19.3. The van der Waals surface area contributed by atoms with Gasteiger partial charge in [-0.1, -0.05) is 42.5 Å². The number of carbonyl (C=O) groups is 1. The topological polar surface area (TPSA) is 126 Å². The molecule has 10 heteroatoms. The Morgan fingerprint density at radius 1 is 0.944 bits per heavy atom. The van der Waals surface area contributed by atoms with Crippen LogP contribution in [-0.4, -0.2) is 50.0 Å². The number of hydrogen-bond donors (Lipinski definition) is 2. The molecule has 0 unspecified atom stereocenters. The van der Waals surface area contributed by atoms with Crippen LogP contribution < -0.4 is 10.9 Å². The Hall–Kier alpha value is -3.99. The third-order valence-electron chi connectivity index (χ3n) is 5.89. The average Bonchev–Trinajstić information content (AvgIpc) is 2.89. The van der Waals surface area contributed by atoms with Crippen molar-refractivity contribution >= 4 is 32.6 Å². The molecule has 2 N–H and O–H groups in total. The minimum Gasteiger partial charge on any atom is -0.504 e. The first kappa shape index (κ1) is 23.7. The first-order valence-corrected chi connectivity index (χ1v) is 12.6. The summed E-state index contributed by atoms with van der Waals surface area (Å²) >= 11 is 0. The van der Waals surface area contributed by atoms with Crippen LogP contribution in [0, 0.1) is 0 Å². The van der Waals surface area contributed by atoms with Crippen LogP contribution in [0.5, 0.6) is 5.75 Å². The average molecular weight is 507 g/mol. The molecule has 3 aromatic carbocycles. The molecule has 5 rings (SSSR count). The molecule has 36 heavy (non-hydrogen) atoms. The molecule has 0 bridgehead atoms. The Labute approximate surface area is 206 Å². The number of nitrogens with zero attached hydrogens (tertiary/aromatic N) is 1. The van der Waals surface area contributed by atoms with Crippen LogP contribution in [0.3, 0.4) is 0 Å². The molecular weight excluding hydrogens is 484 g/mol. The van der Waals surface area contributed by atoms with Crippen molar-refractivity contribution in [3.63, 3.8) is 0 Å². The number of anilines is 1. The second kappa shape index (κ2) is 9.57. The summed E-state index contributed by atoms with van der Waals surface area (Å²) in [6.07, 6.45) is 0. The van der Waals surface area contributed by atoms with E-state index in [0.29, 0.717) is 35.4 Å². The Morgan fingerprint density at radius 2 is 1.69 bits per heavy atom. The Kier molecular flexibility index (Phi) is 6.31. The lowest BCUT2D eigenvalue weighted by Crippen LogP contribution is -2.40. The lowest BCUT2D eigenvalue weighted by Gasteiger charge is -2.27. The molecule has 9 nitrogen and oxygen atoms in total. The number of morpholine rings is 1. The first-order chi connectivity index (χ1) is 17.3. The largest absolute Gasteiger partial charge is 0.504 e. The molecule has 1 aliphatic rings. The van der Waals surface area contributed by atoms with E-state index in [1.165, 1.54) is 16.4 Å². The lowest BCUT2D eigenvalue weighted by molar-refractivity contribution is 0.0730. The van der Waals surface area contributed by atoms with Crippen LogP contribution in [-0.2, 0) is 14.8 Å². The van der Waals surface area contributed by atoms with Gasteiger partial charge in [-0.25, -0.2) is 13.2 Å². The fourth-order valence-electron chi connectivity index (χ4n) is 4.11. The fourth-order valence-corrected chi connectivity index (χ4v) is 5.73. The number of nitrogens with one attached hydrogen (secondary N) is 1. The summed E-state index contributed by atoms with van der Waals surface area (Å²) < 4.78 is 38.5. The van der Waals surface area contributed by atoms with Gasteiger partial charge in [0.2, 0.25) is 10.0 Å². The molecule has 0 atom stereocenters. The maximum Gasteiger partial charge on any atom is 0.349 e. The molecule has 1 amide bonds. The zero-order valence-corrected chi connectivity index (χ0v) is 19.8. The number of para-hydroxylation sites is 1. The summed E-state index contributed by atoms with van der Waals surface area (Å²) in [5, 5.41) is 12.9. The zero-order valence-electron chi connectivity index (χ0n) is 19.0. The number of aromatic hydroxyl groups is 1. The fraction of sp³-hybridized carbons (Fsp3) is 0.154. The van der Waals surface area contributed by atoms with E-state index in [2.05, 4.69) is 5.32 Å². The van der Waals surface area contributed by atoms with Crippen LogP contribution in [0.2, 0.25) is 0 Å². The van der Waals surface area contributed by atoms with E-state index in [4.69, 9.17) is 9.15 Å². The van der Waals surface area contributed by atoms with Crippen molar-refractivity contribution in [1.29, 1.82) is 0 Å². The number of sulfonamides is 1. The second-order valence-corrected chi connectivity index (χ2v) is 10.1. The van der Waals surface area contributed by atoms with E-state index in [1.807, 2.05) is 0 Å². The quantitative estimate of drug-likeness (QED) is 0.397. The highest BCUT2D eigenvalue weighted by molar-refractivity contribution is 7.89. The summed E-state index contributed by atoms with van der Waals surface area (Å²) in [5.41, 5.74) is 0.315. The van der Waals surface area contributed by atoms with Crippen molar-refractivity contribution in [1.82, 2.24) is 4.31 Å². The first-order valence-electron chi connectivity index (χ1n) is 11.2. The van der Waals surface area contributed by atoms with E-state index >= 15 is 0 Å². The minimum absolute atomic E-state index is 0.000804. The van der Waals surface area contributed by atoms with E-state index in [1.54, 1.807) is 60.7 Å². The van der Waals surface area contributed by atoms with Crippen LogP contribution >= 0.6 is 0 Å². The highest BCUT2D eigenvalue weighted by Crippen LogP contribution is 2.31. The molecule has 4 aromatic rings. The molecule has 1 fully saturated rings. The molecule has 0 saturated carbocycles. The van der Waals surface area contributed by atoms with Gasteiger partial charge in [0.05, 0.1) is 18.1 Å². The summed E-state index contributed by atoms with van der Waals surface area (Å²) in [4.78, 5) is 25.4. The van der Waals surface area contributed by atoms with E-state index < -0.39 is 21.6 Å². The third-order valence-corrected chi connectivity index (χ3v) is 7.85. The summed E-state index contributed by atoms with van der Waals surface area (Å²) in [6.45, 7) is 1.23. The van der Waals surface area contributed by atoms with Crippen molar-refractivity contribution in [2.24, 2.45) is 0 Å². The van der Waals surface area contributed by atoms with Crippen molar-refractivity contribution in [3.05, 3.63) is 88.8 Å². The van der Waals surface area contributed by atoms with Gasteiger partial charge >= 0.3 is 5.63 Å². The van der Waals surface area contributed by atoms with Gasteiger partial charge in [-0.15, -0.1) is 0 Å². The number of hydrogen-bond acceptors (Lipinski definition) is 7. The predicted octanol–water partition coefficient (Wildman–Crippen LogP) is 3.44. The lowest BCUT2D eigenvalue weighted by atomic mass is 10.0. The van der Waals surface area contributed by atoms with Crippen LogP contribution in [0.1, 0.15) is 10.4 Å². The zero-order chi connectivity index (χ0) is 25.3. The van der Waals surface area contributed by atoms with Gasteiger partial charge in [-0.2, -0.15) is 4.31 Å². The molecule has 1 saturated heterocycles. The second-order valence-electron chi connectivity index (χ2n) is 8.19. The Morgan fingerprint density at radius 3 is 2.50 bits per heavy atom. The molecule has 0 aliphatic carbocycles. The summed E-state index contributed by atoms with van der Waals surface area (Å²) in [7, 11) is -3.76. The normalized spacial score (nSPS) is 14.6. The standard InChI is InChI=1S/C26H22N2O7S/c29-22-9-4-6-18-16-21(26(31)35-24(18)22)25(30)27-19-7-3-5-17(15-19)20-8-1-2-10-23(20)36(32,33)28-11-13-34-14-12-28/h1-10,15-16,29H,11-14H2,(H,27,30). The molecule has 1 aromatic heterocycles. The van der Waals surface area contributed by atoms with Crippen LogP contribution in [0.25, 0.3) is 22.1 Å². The number of rotatable bonds is 5. The van der Waals surface area contributed by atoms with Crippen molar-refractivity contribution < 1.29 is 27.5 Å². The number of benzene rings is 3. The molecule has 1 aliphatic heterocycles. The van der Waals surface area contributed by atoms with Crippen molar-refractivity contribution in [2.75, 3.05) is 31.6 Å². The van der Waals surface area contributed by atoms with Gasteiger partial charge in [0.1, 0.15) is 5.56 Å². The van der Waals surface area contributed by atoms with Gasteiger partial charge < -0.3 is 19.6 Å². The van der Waals surface area contributed by atoms with Crippen LogP contribution in [0.4, 0.5) is 5.69 Å². The summed E-state index contributed by atoms with van der Waals surface area (Å²) in [5.74, 6) is -0.893. The Balaban J connectivity index is 1.46. The maximum atomic E-state index is 13.3. The molecule has 0 radical (unpaired) electrons. The Bertz CT molecular complexity index is 1620. The smallest absolute Gasteiger partial charge is 0.349 e. The highest BCUT2D eigenvalue weighted by atomic mass is 32.2. The van der Waals surface area contributed by atoms with Gasteiger partial charge in [0.15, 0.2) is 11.3 Å². The number of fused-ring (bicyclic) bond motifs is 1. The van der Waals surface area contributed by atoms with Gasteiger partial charge in [0, 0.05) is 29.7 Å². The van der Waals surface area contributed by atoms with Gasteiger partial charge in [-0.3, -0.25) is 4.79 Å². The van der Waals surface area contributed by atoms with Crippen LogP contribution in [0.15, 0.2) is 86.9 Å². The van der Waals surface area contributed by atoms with E-state index in [-0.39, 0.29) is 34.9 Å². The number of ether oxygens (including phenoxy) is 1. The van der Waals surface area contributed by atoms with Gasteiger partial charge in [0.25, 0.3) is 5.91 Å². The number of phenolic OH excluding ortho intramolecular Hbond substituents is 1. The van der Waals surface area contributed by atoms with Gasteiger partial charge in [-0.05, 0) is 35.9 Å². The number of amides is 1. The SMILES string of the molecule is O=C(Nc1cccc(-c2ccccc2S(=O)(=O)N2CCOCC2)c1)c1cc2cccc(O)c2oc1=O. The molecule has 2 heterocycles. The number of carbonyl (C=O) groups excluding carboxylic acids is 1. The minimum atomic E-state index is -3.76. The monoisotopic (exact) mass is 506 g/mol. The molecular formula is C26H22N2O7S. The molecule has 0 spiro atoms. The predicted molar refractivity (Wildman–Crippen MR) is 134 cm³/mol. The van der Waals surface area contributed by atoms with E-state index in [0.717, 1.165) is 0 Å². The van der Waals surface area contributed by atoms with Crippen molar-refractivity contribution in [3.8, 4) is 16.9 Å². The highest BCUT2D eigenvalue weighted by Gasteiger charge is 2.28. The van der Waals surface area contributed by atoms with Crippen molar-refractivity contribution in [2.45, 2.75) is 4.90 Å². The molecule has 184 valence electrons. The maximum absolute atomic E-state index is 13.3. The number of phenols is 1.